The summed E-state index contributed by atoms with van der Waals surface area (Å²) in [7, 11) is -9.05. The normalized spacial score (nSPS) is 27.3. The first-order valence-corrected chi connectivity index (χ1v) is 8.49. The Morgan fingerprint density at radius 3 is 2.48 bits per heavy atom. The highest BCUT2D eigenvalue weighted by Crippen LogP contribution is 2.30. The number of amides is 2. The molecule has 0 aliphatic carbocycles. The number of nitrogens with two attached hydrogens (primary N) is 2. The van der Waals surface area contributed by atoms with Crippen LogP contribution < -0.4 is 10.9 Å². The van der Waals surface area contributed by atoms with Gasteiger partial charge in [-0.15, -0.1) is 8.68 Å². The molecule has 1 unspecified atom stereocenters. The summed E-state index contributed by atoms with van der Waals surface area (Å²) in [6, 6.07) is -2.31. The van der Waals surface area contributed by atoms with Crippen LogP contribution >= 0.6 is 0 Å². The highest BCUT2D eigenvalue weighted by molar-refractivity contribution is 7.88. The summed E-state index contributed by atoms with van der Waals surface area (Å²) in [5, 5.41) is 5.25. The van der Waals surface area contributed by atoms with E-state index >= 15 is 0 Å². The third-order valence-corrected chi connectivity index (χ3v) is 3.89. The van der Waals surface area contributed by atoms with Crippen molar-refractivity contribution in [2.45, 2.75) is 24.9 Å². The molecule has 0 aromatic rings. The van der Waals surface area contributed by atoms with Gasteiger partial charge in [-0.1, -0.05) is 0 Å². The number of urea groups is 1. The summed E-state index contributed by atoms with van der Waals surface area (Å²) in [4.78, 5) is 13.1. The summed E-state index contributed by atoms with van der Waals surface area (Å²) in [6.45, 7) is 0.0554. The molecular weight excluding hydrogens is 330 g/mol. The first-order chi connectivity index (χ1) is 9.48. The molecule has 21 heavy (non-hydrogen) atoms. The first-order valence-electron chi connectivity index (χ1n) is 5.63. The molecule has 0 saturated carbocycles. The standard InChI is InChI=1S/C7H13N5O7S2/c8-6(10-20(9,14)15)5-2-1-4-3-11(5)7(13)12(4)19-21(16,17)18/h4-5H,1-3H2,(H2,8,10)(H2,9,14,15)(H,16,17,18)/t4-,5?/m1/s1. The van der Waals surface area contributed by atoms with Crippen molar-refractivity contribution >= 4 is 32.5 Å². The number of hydrogen-bond donors (Lipinski definition) is 3. The number of hydrogen-bond acceptors (Lipinski definition) is 6. The van der Waals surface area contributed by atoms with Gasteiger partial charge in [-0.2, -0.15) is 21.9 Å². The zero-order valence-electron chi connectivity index (χ0n) is 10.5. The minimum Gasteiger partial charge on any atom is -0.385 e. The molecule has 2 fully saturated rings. The Morgan fingerprint density at radius 1 is 1.33 bits per heavy atom. The maximum atomic E-state index is 12.0. The van der Waals surface area contributed by atoms with E-state index in [0.29, 0.717) is 5.06 Å². The van der Waals surface area contributed by atoms with Crippen LogP contribution in [0.2, 0.25) is 0 Å². The van der Waals surface area contributed by atoms with Crippen molar-refractivity contribution < 1.29 is 30.5 Å². The van der Waals surface area contributed by atoms with Gasteiger partial charge in [0, 0.05) is 6.54 Å². The van der Waals surface area contributed by atoms with Crippen LogP contribution in [-0.4, -0.2) is 61.8 Å². The van der Waals surface area contributed by atoms with Gasteiger partial charge in [-0.25, -0.2) is 9.93 Å². The summed E-state index contributed by atoms with van der Waals surface area (Å²) in [5.41, 5.74) is 5.52. The number of rotatable bonds is 4. The number of carbonyl (C=O) groups is 1. The van der Waals surface area contributed by atoms with E-state index in [2.05, 4.69) is 8.68 Å². The van der Waals surface area contributed by atoms with Gasteiger partial charge in [-0.3, -0.25) is 4.55 Å². The summed E-state index contributed by atoms with van der Waals surface area (Å²) in [5.74, 6) is -0.377. The molecule has 0 aromatic heterocycles. The average molecular weight is 343 g/mol. The lowest BCUT2D eigenvalue weighted by atomic mass is 10.0. The van der Waals surface area contributed by atoms with Crippen LogP contribution in [0, 0.1) is 0 Å². The van der Waals surface area contributed by atoms with Gasteiger partial charge in [0.05, 0.1) is 12.1 Å². The van der Waals surface area contributed by atoms with Gasteiger partial charge in [0.15, 0.2) is 0 Å². The van der Waals surface area contributed by atoms with Crippen molar-refractivity contribution in [1.82, 2.24) is 9.96 Å². The first kappa shape index (κ1) is 15.9. The monoisotopic (exact) mass is 343 g/mol. The van der Waals surface area contributed by atoms with E-state index in [1.165, 1.54) is 0 Å². The van der Waals surface area contributed by atoms with E-state index in [-0.39, 0.29) is 25.2 Å². The molecule has 12 nitrogen and oxygen atoms in total. The van der Waals surface area contributed by atoms with Gasteiger partial charge in [0.1, 0.15) is 5.84 Å². The minimum atomic E-state index is -4.84. The average Bonchev–Trinajstić information content (AvgIpc) is 2.51. The zero-order valence-corrected chi connectivity index (χ0v) is 12.1. The van der Waals surface area contributed by atoms with Crippen LogP contribution in [0.5, 0.6) is 0 Å². The summed E-state index contributed by atoms with van der Waals surface area (Å²) >= 11 is 0. The number of piperidine rings is 1. The van der Waals surface area contributed by atoms with Crippen molar-refractivity contribution in [3.63, 3.8) is 0 Å². The molecule has 14 heteroatoms. The lowest BCUT2D eigenvalue weighted by Crippen LogP contribution is -2.48. The predicted octanol–water partition coefficient (Wildman–Crippen LogP) is -2.45. The SMILES string of the molecule is N/C(=N\S(N)(=O)=O)C1CC[C@@H]2CN1C(=O)N2OS(=O)(=O)O. The van der Waals surface area contributed by atoms with Gasteiger partial charge in [0.25, 0.3) is 0 Å². The summed E-state index contributed by atoms with van der Waals surface area (Å²) in [6.07, 6.45) is 0.524. The Bertz CT molecular complexity index is 686. The number of fused-ring (bicyclic) bond motifs is 2. The predicted molar refractivity (Wildman–Crippen MR) is 68.1 cm³/mol. The Hall–Kier alpha value is -1.48. The fourth-order valence-electron chi connectivity index (χ4n) is 2.35. The van der Waals surface area contributed by atoms with Crippen molar-refractivity contribution in [2.24, 2.45) is 15.3 Å². The van der Waals surface area contributed by atoms with Crippen LogP contribution in [0.15, 0.2) is 4.40 Å². The number of hydroxylamine groups is 2. The maximum absolute atomic E-state index is 12.0. The lowest BCUT2D eigenvalue weighted by molar-refractivity contribution is -0.0316. The van der Waals surface area contributed by atoms with Crippen molar-refractivity contribution in [1.29, 1.82) is 0 Å². The van der Waals surface area contributed by atoms with E-state index in [9.17, 15) is 21.6 Å². The molecule has 120 valence electrons. The number of nitrogens with zero attached hydrogens (tertiary/aromatic N) is 3. The molecule has 2 aliphatic rings. The smallest absolute Gasteiger partial charge is 0.385 e. The van der Waals surface area contributed by atoms with E-state index < -0.39 is 38.7 Å². The molecule has 0 aromatic carbocycles. The molecular formula is C7H13N5O7S2. The highest BCUT2D eigenvalue weighted by atomic mass is 32.3. The lowest BCUT2D eigenvalue weighted by Gasteiger charge is -2.29. The van der Waals surface area contributed by atoms with E-state index in [1.54, 1.807) is 0 Å². The zero-order chi connectivity index (χ0) is 16.0. The summed E-state index contributed by atoms with van der Waals surface area (Å²) < 4.78 is 59.1. The van der Waals surface area contributed by atoms with Crippen molar-refractivity contribution in [3.05, 3.63) is 0 Å². The van der Waals surface area contributed by atoms with Gasteiger partial charge in [-0.05, 0) is 12.8 Å². The van der Waals surface area contributed by atoms with Crippen LogP contribution in [0.25, 0.3) is 0 Å². The van der Waals surface area contributed by atoms with Gasteiger partial charge < -0.3 is 10.6 Å². The molecule has 0 radical (unpaired) electrons. The fourth-order valence-corrected chi connectivity index (χ4v) is 3.15. The second kappa shape index (κ2) is 5.06. The molecule has 2 rings (SSSR count). The van der Waals surface area contributed by atoms with Crippen LogP contribution in [-0.2, 0) is 24.9 Å². The second-order valence-electron chi connectivity index (χ2n) is 4.54. The van der Waals surface area contributed by atoms with Crippen LogP contribution in [0.3, 0.4) is 0 Å². The molecule has 2 saturated heterocycles. The van der Waals surface area contributed by atoms with Crippen LogP contribution in [0.1, 0.15) is 12.8 Å². The third-order valence-electron chi connectivity index (χ3n) is 3.07. The Kier molecular flexibility index (Phi) is 3.83. The minimum absolute atomic E-state index is 0.0554. The third kappa shape index (κ3) is 3.59. The van der Waals surface area contributed by atoms with Crippen molar-refractivity contribution in [3.8, 4) is 0 Å². The Morgan fingerprint density at radius 2 is 1.95 bits per heavy atom. The maximum Gasteiger partial charge on any atom is 0.418 e. The molecule has 0 spiro atoms. The second-order valence-corrected chi connectivity index (χ2v) is 6.76. The molecule has 5 N–H and O–H groups in total. The molecule has 2 atom stereocenters. The fraction of sp³-hybridized carbons (Fsp3) is 0.714. The highest BCUT2D eigenvalue weighted by Gasteiger charge is 2.48. The molecule has 2 heterocycles. The van der Waals surface area contributed by atoms with E-state index in [1.807, 2.05) is 0 Å². The van der Waals surface area contributed by atoms with Gasteiger partial charge >= 0.3 is 26.6 Å². The van der Waals surface area contributed by atoms with E-state index in [4.69, 9.17) is 15.4 Å². The Balaban J connectivity index is 2.23. The number of amidine groups is 1. The quantitative estimate of drug-likeness (QED) is 0.285. The molecule has 2 aliphatic heterocycles. The van der Waals surface area contributed by atoms with E-state index in [0.717, 1.165) is 4.90 Å². The largest absolute Gasteiger partial charge is 0.418 e. The molecule has 2 bridgehead atoms. The Labute approximate surface area is 120 Å². The van der Waals surface area contributed by atoms with Crippen molar-refractivity contribution in [2.75, 3.05) is 6.54 Å². The van der Waals surface area contributed by atoms with Gasteiger partial charge in [0.2, 0.25) is 0 Å². The molecule has 2 amide bonds. The topological polar surface area (TPSA) is 186 Å². The number of carbonyl (C=O) groups excluding carboxylic acids is 1. The van der Waals surface area contributed by atoms with Crippen LogP contribution in [0.4, 0.5) is 4.79 Å².